The number of hydrogen-bond donors (Lipinski definition) is 0. The molecule has 0 aliphatic heterocycles. The molecule has 0 aromatic carbocycles. The van der Waals surface area contributed by atoms with Crippen LogP contribution in [0.5, 0.6) is 0 Å². The number of halogens is 2. The molecular weight excluding hydrogens is 360 g/mol. The molecule has 2 aromatic heterocycles. The van der Waals surface area contributed by atoms with Crippen LogP contribution in [0.3, 0.4) is 0 Å². The van der Waals surface area contributed by atoms with Gasteiger partial charge in [0.25, 0.3) is 0 Å². The summed E-state index contributed by atoms with van der Waals surface area (Å²) in [5.74, 6) is 0.181. The lowest BCUT2D eigenvalue weighted by Crippen LogP contribution is -1.98. The molecule has 0 saturated carbocycles. The normalized spacial score (nSPS) is 10.5. The van der Waals surface area contributed by atoms with E-state index in [2.05, 4.69) is 31.9 Å². The molecule has 0 saturated heterocycles. The second-order valence-electron chi connectivity index (χ2n) is 2.96. The summed E-state index contributed by atoms with van der Waals surface area (Å²) < 4.78 is 2.02. The highest BCUT2D eigenvalue weighted by molar-refractivity contribution is 9.10. The van der Waals surface area contributed by atoms with Gasteiger partial charge in [0.15, 0.2) is 5.78 Å². The largest absolute Gasteiger partial charge is 0.293 e. The third-order valence-electron chi connectivity index (χ3n) is 1.80. The summed E-state index contributed by atoms with van der Waals surface area (Å²) >= 11 is 9.80. The van der Waals surface area contributed by atoms with Crippen LogP contribution >= 0.6 is 54.5 Å². The summed E-state index contributed by atoms with van der Waals surface area (Å²) in [5.41, 5.74) is 0. The molecule has 15 heavy (non-hydrogen) atoms. The van der Waals surface area contributed by atoms with E-state index in [1.807, 2.05) is 22.9 Å². The molecule has 0 bridgehead atoms. The van der Waals surface area contributed by atoms with Crippen molar-refractivity contribution in [3.63, 3.8) is 0 Å². The molecular formula is C10H6Br2OS2. The number of Topliss-reactive ketones (excluding diaryl/α,β-unsaturated/α-hetero) is 1. The molecule has 0 spiro atoms. The van der Waals surface area contributed by atoms with Crippen molar-refractivity contribution in [1.82, 2.24) is 0 Å². The van der Waals surface area contributed by atoms with Crippen LogP contribution < -0.4 is 0 Å². The maximum absolute atomic E-state index is 11.8. The van der Waals surface area contributed by atoms with Gasteiger partial charge in [0.05, 0.1) is 4.88 Å². The summed E-state index contributed by atoms with van der Waals surface area (Å²) in [4.78, 5) is 13.7. The topological polar surface area (TPSA) is 17.1 Å². The predicted octanol–water partition coefficient (Wildman–Crippen LogP) is 4.76. The van der Waals surface area contributed by atoms with E-state index >= 15 is 0 Å². The van der Waals surface area contributed by atoms with E-state index in [4.69, 9.17) is 0 Å². The van der Waals surface area contributed by atoms with E-state index in [1.54, 1.807) is 11.3 Å². The van der Waals surface area contributed by atoms with Gasteiger partial charge in [-0.3, -0.25) is 4.79 Å². The highest BCUT2D eigenvalue weighted by atomic mass is 79.9. The molecule has 5 heteroatoms. The summed E-state index contributed by atoms with van der Waals surface area (Å²) in [6.07, 6.45) is 0.489. The minimum Gasteiger partial charge on any atom is -0.293 e. The molecule has 2 aromatic rings. The fourth-order valence-electron chi connectivity index (χ4n) is 1.15. The molecule has 0 aliphatic rings. The Morgan fingerprint density at radius 2 is 1.80 bits per heavy atom. The summed E-state index contributed by atoms with van der Waals surface area (Å²) in [7, 11) is 0. The maximum atomic E-state index is 11.8. The van der Waals surface area contributed by atoms with Gasteiger partial charge in [-0.25, -0.2) is 0 Å². The standard InChI is InChI=1S/C10H6Br2OS2/c11-6-1-8(14-4-6)3-9(13)10-2-7(12)5-15-10/h1-2,4-5H,3H2. The van der Waals surface area contributed by atoms with Crippen LogP contribution in [0.2, 0.25) is 0 Å². The molecule has 0 unspecified atom stereocenters. The van der Waals surface area contributed by atoms with Crippen molar-refractivity contribution in [2.24, 2.45) is 0 Å². The van der Waals surface area contributed by atoms with Crippen molar-refractivity contribution in [2.75, 3.05) is 0 Å². The van der Waals surface area contributed by atoms with E-state index in [9.17, 15) is 4.79 Å². The SMILES string of the molecule is O=C(Cc1cc(Br)cs1)c1cc(Br)cs1. The van der Waals surface area contributed by atoms with E-state index in [-0.39, 0.29) is 5.78 Å². The average molecular weight is 366 g/mol. The lowest BCUT2D eigenvalue weighted by atomic mass is 10.2. The van der Waals surface area contributed by atoms with Gasteiger partial charge in [-0.15, -0.1) is 22.7 Å². The Kier molecular flexibility index (Phi) is 3.77. The molecule has 0 radical (unpaired) electrons. The van der Waals surface area contributed by atoms with Crippen molar-refractivity contribution in [1.29, 1.82) is 0 Å². The first-order valence-corrected chi connectivity index (χ1v) is 7.50. The van der Waals surface area contributed by atoms with E-state index in [0.717, 1.165) is 18.7 Å². The number of hydrogen-bond acceptors (Lipinski definition) is 3. The Morgan fingerprint density at radius 3 is 2.33 bits per heavy atom. The van der Waals surface area contributed by atoms with E-state index in [1.165, 1.54) is 11.3 Å². The number of thiophene rings is 2. The van der Waals surface area contributed by atoms with Crippen LogP contribution in [-0.2, 0) is 6.42 Å². The zero-order valence-corrected chi connectivity index (χ0v) is 12.3. The second-order valence-corrected chi connectivity index (χ2v) is 6.70. The minimum absolute atomic E-state index is 0.181. The van der Waals surface area contributed by atoms with Crippen LogP contribution in [0.25, 0.3) is 0 Å². The number of rotatable bonds is 3. The van der Waals surface area contributed by atoms with E-state index < -0.39 is 0 Å². The van der Waals surface area contributed by atoms with Gasteiger partial charge >= 0.3 is 0 Å². The predicted molar refractivity (Wildman–Crippen MR) is 72.1 cm³/mol. The summed E-state index contributed by atoms with van der Waals surface area (Å²) in [6.45, 7) is 0. The first kappa shape index (κ1) is 11.5. The van der Waals surface area contributed by atoms with Crippen molar-refractivity contribution in [2.45, 2.75) is 6.42 Å². The van der Waals surface area contributed by atoms with Gasteiger partial charge in [-0.05, 0) is 44.0 Å². The van der Waals surface area contributed by atoms with Crippen molar-refractivity contribution < 1.29 is 4.79 Å². The highest BCUT2D eigenvalue weighted by Gasteiger charge is 2.10. The Morgan fingerprint density at radius 1 is 1.13 bits per heavy atom. The van der Waals surface area contributed by atoms with Crippen LogP contribution in [0.4, 0.5) is 0 Å². The molecule has 2 rings (SSSR count). The molecule has 0 aliphatic carbocycles. The molecule has 2 heterocycles. The number of ketones is 1. The van der Waals surface area contributed by atoms with Gasteiger partial charge in [-0.2, -0.15) is 0 Å². The number of carbonyl (C=O) groups excluding carboxylic acids is 1. The van der Waals surface area contributed by atoms with Gasteiger partial charge in [0.2, 0.25) is 0 Å². The van der Waals surface area contributed by atoms with Gasteiger partial charge in [0, 0.05) is 31.0 Å². The zero-order chi connectivity index (χ0) is 10.8. The first-order chi connectivity index (χ1) is 7.15. The molecule has 0 atom stereocenters. The minimum atomic E-state index is 0.181. The van der Waals surface area contributed by atoms with E-state index in [0.29, 0.717) is 6.42 Å². The smallest absolute Gasteiger partial charge is 0.178 e. The fraction of sp³-hybridized carbons (Fsp3) is 0.100. The average Bonchev–Trinajstić information content (AvgIpc) is 2.75. The van der Waals surface area contributed by atoms with Crippen molar-refractivity contribution >= 4 is 60.3 Å². The van der Waals surface area contributed by atoms with Crippen molar-refractivity contribution in [3.05, 3.63) is 41.6 Å². The summed E-state index contributed by atoms with van der Waals surface area (Å²) in [5, 5.41) is 3.92. The molecule has 0 fully saturated rings. The second kappa shape index (κ2) is 4.91. The quantitative estimate of drug-likeness (QED) is 0.716. The number of carbonyl (C=O) groups is 1. The lowest BCUT2D eigenvalue weighted by molar-refractivity contribution is 0.0997. The molecule has 78 valence electrons. The molecule has 1 nitrogen and oxygen atoms in total. The lowest BCUT2D eigenvalue weighted by Gasteiger charge is -1.93. The van der Waals surface area contributed by atoms with Crippen LogP contribution in [0.1, 0.15) is 14.5 Å². The first-order valence-electron chi connectivity index (χ1n) is 4.15. The molecule has 0 N–H and O–H groups in total. The Hall–Kier alpha value is 0.0300. The monoisotopic (exact) mass is 364 g/mol. The zero-order valence-electron chi connectivity index (χ0n) is 7.50. The highest BCUT2D eigenvalue weighted by Crippen LogP contribution is 2.24. The van der Waals surface area contributed by atoms with Crippen molar-refractivity contribution in [3.8, 4) is 0 Å². The van der Waals surface area contributed by atoms with Crippen LogP contribution in [-0.4, -0.2) is 5.78 Å². The maximum Gasteiger partial charge on any atom is 0.178 e. The Labute approximate surface area is 112 Å². The third-order valence-corrected chi connectivity index (χ3v) is 5.23. The third kappa shape index (κ3) is 3.00. The Bertz CT molecular complexity index is 487. The molecule has 0 amide bonds. The van der Waals surface area contributed by atoms with Gasteiger partial charge in [0.1, 0.15) is 0 Å². The summed E-state index contributed by atoms with van der Waals surface area (Å²) in [6, 6.07) is 3.86. The fourth-order valence-corrected chi connectivity index (χ4v) is 3.97. The Balaban J connectivity index is 2.10. The van der Waals surface area contributed by atoms with Gasteiger partial charge in [-0.1, -0.05) is 0 Å². The van der Waals surface area contributed by atoms with Gasteiger partial charge < -0.3 is 0 Å². The van der Waals surface area contributed by atoms with Crippen LogP contribution in [0.15, 0.2) is 31.8 Å². The van der Waals surface area contributed by atoms with Crippen LogP contribution in [0, 0.1) is 0 Å².